The van der Waals surface area contributed by atoms with Crippen LogP contribution in [0.5, 0.6) is 11.5 Å². The Morgan fingerprint density at radius 1 is 0.778 bits per heavy atom. The van der Waals surface area contributed by atoms with Crippen molar-refractivity contribution in [2.75, 3.05) is 11.5 Å². The Bertz CT molecular complexity index is 779. The molecule has 0 amide bonds. The topological polar surface area (TPSA) is 92.5 Å². The van der Waals surface area contributed by atoms with Crippen LogP contribution in [0.15, 0.2) is 36.4 Å². The van der Waals surface area contributed by atoms with Gasteiger partial charge in [-0.1, -0.05) is 18.2 Å². The highest BCUT2D eigenvalue weighted by atomic mass is 16.3. The number of nitrogen functional groups attached to an aromatic ring is 2. The normalized spacial score (nSPS) is 11.1. The quantitative estimate of drug-likeness (QED) is 0.276. The Labute approximate surface area is 103 Å². The van der Waals surface area contributed by atoms with Crippen molar-refractivity contribution in [2.24, 2.45) is 0 Å². The fraction of sp³-hybridized carbons (Fsp3) is 0. The molecule has 0 unspecified atom stereocenters. The summed E-state index contributed by atoms with van der Waals surface area (Å²) in [7, 11) is 0. The molecule has 4 heteroatoms. The van der Waals surface area contributed by atoms with Crippen molar-refractivity contribution in [3.8, 4) is 11.5 Å². The summed E-state index contributed by atoms with van der Waals surface area (Å²) >= 11 is 0. The van der Waals surface area contributed by atoms with Gasteiger partial charge < -0.3 is 21.7 Å². The Kier molecular flexibility index (Phi) is 2.01. The lowest BCUT2D eigenvalue weighted by Crippen LogP contribution is -1.90. The number of aromatic hydroxyl groups is 2. The predicted molar refractivity (Wildman–Crippen MR) is 73.6 cm³/mol. The number of anilines is 2. The van der Waals surface area contributed by atoms with E-state index in [1.54, 1.807) is 36.4 Å². The first-order chi connectivity index (χ1) is 8.59. The minimum atomic E-state index is -0.171. The molecule has 0 saturated carbocycles. The predicted octanol–water partition coefficient (Wildman–Crippen LogP) is 2.57. The van der Waals surface area contributed by atoms with Crippen LogP contribution < -0.4 is 11.5 Å². The molecule has 0 aromatic heterocycles. The van der Waals surface area contributed by atoms with Gasteiger partial charge in [-0.15, -0.1) is 0 Å². The molecule has 3 rings (SSSR count). The summed E-state index contributed by atoms with van der Waals surface area (Å²) in [6.45, 7) is 0. The Balaban J connectivity index is 2.68. The van der Waals surface area contributed by atoms with Gasteiger partial charge in [0.05, 0.1) is 0 Å². The summed E-state index contributed by atoms with van der Waals surface area (Å²) in [6, 6.07) is 10.4. The monoisotopic (exact) mass is 240 g/mol. The lowest BCUT2D eigenvalue weighted by atomic mass is 9.98. The smallest absolute Gasteiger partial charge is 0.166 e. The second-order valence-corrected chi connectivity index (χ2v) is 4.27. The van der Waals surface area contributed by atoms with Gasteiger partial charge in [0.1, 0.15) is 0 Å². The first-order valence-electron chi connectivity index (χ1n) is 5.51. The van der Waals surface area contributed by atoms with Crippen molar-refractivity contribution in [3.05, 3.63) is 36.4 Å². The molecule has 0 heterocycles. The van der Waals surface area contributed by atoms with Gasteiger partial charge in [0.15, 0.2) is 11.5 Å². The van der Waals surface area contributed by atoms with Crippen molar-refractivity contribution in [1.82, 2.24) is 0 Å². The molecule has 0 radical (unpaired) electrons. The summed E-state index contributed by atoms with van der Waals surface area (Å²) in [5, 5.41) is 22.6. The molecule has 0 fully saturated rings. The van der Waals surface area contributed by atoms with Gasteiger partial charge in [-0.3, -0.25) is 0 Å². The second kappa shape index (κ2) is 3.43. The summed E-state index contributed by atoms with van der Waals surface area (Å²) in [5.41, 5.74) is 12.7. The van der Waals surface area contributed by atoms with Crippen LogP contribution in [-0.2, 0) is 0 Å². The van der Waals surface area contributed by atoms with E-state index in [0.717, 1.165) is 10.8 Å². The van der Waals surface area contributed by atoms with Crippen LogP contribution in [0.1, 0.15) is 0 Å². The fourth-order valence-corrected chi connectivity index (χ4v) is 2.30. The minimum Gasteiger partial charge on any atom is -0.504 e. The third-order valence-corrected chi connectivity index (χ3v) is 3.14. The third kappa shape index (κ3) is 1.26. The number of hydrogen-bond donors (Lipinski definition) is 4. The number of rotatable bonds is 0. The van der Waals surface area contributed by atoms with E-state index in [4.69, 9.17) is 11.5 Å². The van der Waals surface area contributed by atoms with Crippen molar-refractivity contribution in [2.45, 2.75) is 0 Å². The molecule has 0 bridgehead atoms. The minimum absolute atomic E-state index is 0.171. The molecule has 90 valence electrons. The van der Waals surface area contributed by atoms with E-state index in [1.165, 1.54) is 0 Å². The van der Waals surface area contributed by atoms with Crippen LogP contribution in [0.3, 0.4) is 0 Å². The van der Waals surface area contributed by atoms with E-state index in [0.29, 0.717) is 22.1 Å². The number of phenolic OH excluding ortho intramolecular Hbond substituents is 2. The maximum absolute atomic E-state index is 10.0. The van der Waals surface area contributed by atoms with Crippen LogP contribution in [0, 0.1) is 0 Å². The molecule has 3 aromatic carbocycles. The molecule has 0 aliphatic rings. The van der Waals surface area contributed by atoms with Crippen molar-refractivity contribution < 1.29 is 10.2 Å². The molecule has 0 aliphatic heterocycles. The molecule has 0 spiro atoms. The molecule has 0 atom stereocenters. The van der Waals surface area contributed by atoms with E-state index in [9.17, 15) is 10.2 Å². The maximum Gasteiger partial charge on any atom is 0.166 e. The van der Waals surface area contributed by atoms with E-state index >= 15 is 0 Å². The van der Waals surface area contributed by atoms with Gasteiger partial charge in [-0.25, -0.2) is 0 Å². The van der Waals surface area contributed by atoms with Crippen LogP contribution in [0.2, 0.25) is 0 Å². The molecule has 0 saturated heterocycles. The van der Waals surface area contributed by atoms with Crippen molar-refractivity contribution in [1.29, 1.82) is 0 Å². The number of fused-ring (bicyclic) bond motifs is 3. The van der Waals surface area contributed by atoms with Crippen molar-refractivity contribution >= 4 is 32.9 Å². The van der Waals surface area contributed by atoms with E-state index < -0.39 is 0 Å². The first kappa shape index (κ1) is 10.5. The zero-order valence-electron chi connectivity index (χ0n) is 9.51. The van der Waals surface area contributed by atoms with Crippen LogP contribution in [-0.4, -0.2) is 10.2 Å². The van der Waals surface area contributed by atoms with E-state index in [-0.39, 0.29) is 11.5 Å². The molecule has 6 N–H and O–H groups in total. The lowest BCUT2D eigenvalue weighted by molar-refractivity contribution is 0.412. The zero-order chi connectivity index (χ0) is 12.9. The molecule has 0 aliphatic carbocycles. The maximum atomic E-state index is 10.0. The average Bonchev–Trinajstić information content (AvgIpc) is 2.36. The second-order valence-electron chi connectivity index (χ2n) is 4.27. The number of benzene rings is 3. The van der Waals surface area contributed by atoms with Gasteiger partial charge in [0.25, 0.3) is 0 Å². The van der Waals surface area contributed by atoms with Gasteiger partial charge >= 0.3 is 0 Å². The highest BCUT2D eigenvalue weighted by Gasteiger charge is 2.14. The molecular formula is C14H12N2O2. The molecule has 3 aromatic rings. The first-order valence-corrected chi connectivity index (χ1v) is 5.51. The van der Waals surface area contributed by atoms with Crippen LogP contribution in [0.25, 0.3) is 21.5 Å². The lowest BCUT2D eigenvalue weighted by Gasteiger charge is -2.11. The van der Waals surface area contributed by atoms with Gasteiger partial charge in [-0.2, -0.15) is 0 Å². The summed E-state index contributed by atoms with van der Waals surface area (Å²) in [4.78, 5) is 0. The largest absolute Gasteiger partial charge is 0.504 e. The molecular weight excluding hydrogens is 228 g/mol. The van der Waals surface area contributed by atoms with Gasteiger partial charge in [0, 0.05) is 27.5 Å². The third-order valence-electron chi connectivity index (χ3n) is 3.14. The van der Waals surface area contributed by atoms with Crippen LogP contribution in [0.4, 0.5) is 11.4 Å². The van der Waals surface area contributed by atoms with Gasteiger partial charge in [0.2, 0.25) is 0 Å². The molecule has 4 nitrogen and oxygen atoms in total. The Morgan fingerprint density at radius 3 is 2.28 bits per heavy atom. The zero-order valence-corrected chi connectivity index (χ0v) is 9.51. The standard InChI is InChI=1S/C14H12N2O2/c15-7-4-5-8-10(6-7)14(18)13(17)9-2-1-3-11(16)12(8)9/h1-6,17-18H,15-16H2. The molecule has 18 heavy (non-hydrogen) atoms. The van der Waals surface area contributed by atoms with Gasteiger partial charge in [-0.05, 0) is 23.6 Å². The number of phenols is 2. The van der Waals surface area contributed by atoms with Crippen molar-refractivity contribution in [3.63, 3.8) is 0 Å². The summed E-state index contributed by atoms with van der Waals surface area (Å²) < 4.78 is 0. The number of hydrogen-bond acceptors (Lipinski definition) is 4. The SMILES string of the molecule is Nc1ccc2c(c1)c(O)c(O)c1cccc(N)c12. The Hall–Kier alpha value is -2.62. The summed E-state index contributed by atoms with van der Waals surface area (Å²) in [5.74, 6) is -0.342. The van der Waals surface area contributed by atoms with Crippen LogP contribution >= 0.6 is 0 Å². The van der Waals surface area contributed by atoms with E-state index in [2.05, 4.69) is 0 Å². The Morgan fingerprint density at radius 2 is 1.50 bits per heavy atom. The van der Waals surface area contributed by atoms with E-state index in [1.807, 2.05) is 0 Å². The average molecular weight is 240 g/mol. The highest BCUT2D eigenvalue weighted by Crippen LogP contribution is 2.44. The fourth-order valence-electron chi connectivity index (χ4n) is 2.30. The summed E-state index contributed by atoms with van der Waals surface area (Å²) in [6.07, 6.45) is 0. The highest BCUT2D eigenvalue weighted by molar-refractivity contribution is 6.18. The number of nitrogens with two attached hydrogens (primary N) is 2.